The number of aliphatic hydroxyl groups is 1. The van der Waals surface area contributed by atoms with Gasteiger partial charge in [0.1, 0.15) is 5.69 Å². The Morgan fingerprint density at radius 2 is 2.62 bits per heavy atom. The van der Waals surface area contributed by atoms with Gasteiger partial charge in [0.2, 0.25) is 0 Å². The second-order valence-corrected chi connectivity index (χ2v) is 4.35. The number of nitrogens with one attached hydrogen (secondary N) is 1. The van der Waals surface area contributed by atoms with E-state index in [1.807, 2.05) is 4.90 Å². The summed E-state index contributed by atoms with van der Waals surface area (Å²) in [6, 6.07) is 1.84. The third-order valence-corrected chi connectivity index (χ3v) is 2.98. The summed E-state index contributed by atoms with van der Waals surface area (Å²) in [4.78, 5) is 13.9. The van der Waals surface area contributed by atoms with Crippen LogP contribution in [0.5, 0.6) is 0 Å². The maximum Gasteiger partial charge on any atom is 0.272 e. The molecule has 5 nitrogen and oxygen atoms in total. The zero-order valence-corrected chi connectivity index (χ0v) is 9.39. The average molecular weight is 223 g/mol. The Labute approximate surface area is 94.5 Å². The number of H-pyrrole nitrogens is 1. The molecule has 0 radical (unpaired) electrons. The van der Waals surface area contributed by atoms with Crippen LogP contribution in [0, 0.1) is 0 Å². The van der Waals surface area contributed by atoms with Gasteiger partial charge in [0, 0.05) is 18.8 Å². The largest absolute Gasteiger partial charge is 0.393 e. The smallest absolute Gasteiger partial charge is 0.272 e. The molecule has 0 bridgehead atoms. The molecular formula is C11H17N3O2. The molecule has 2 rings (SSSR count). The summed E-state index contributed by atoms with van der Waals surface area (Å²) in [5.41, 5.74) is 0.525. The molecule has 1 aliphatic rings. The number of hydrogen-bond acceptors (Lipinski definition) is 3. The molecule has 88 valence electrons. The molecule has 0 aliphatic carbocycles. The van der Waals surface area contributed by atoms with E-state index in [0.29, 0.717) is 12.1 Å². The number of carbonyl (C=O) groups excluding carboxylic acids is 1. The SMILES string of the molecule is CC(O)CC1CCCN1C(=O)c1ccn[nH]1. The minimum absolute atomic E-state index is 0.0133. The molecule has 2 heterocycles. The molecule has 1 aliphatic heterocycles. The zero-order chi connectivity index (χ0) is 11.5. The Kier molecular flexibility index (Phi) is 3.24. The monoisotopic (exact) mass is 223 g/mol. The lowest BCUT2D eigenvalue weighted by atomic mass is 10.1. The molecule has 2 N–H and O–H groups in total. The molecule has 1 saturated heterocycles. The van der Waals surface area contributed by atoms with Gasteiger partial charge in [-0.1, -0.05) is 0 Å². The molecule has 16 heavy (non-hydrogen) atoms. The van der Waals surface area contributed by atoms with E-state index >= 15 is 0 Å². The van der Waals surface area contributed by atoms with Crippen LogP contribution in [0.25, 0.3) is 0 Å². The van der Waals surface area contributed by atoms with Crippen LogP contribution in [0.15, 0.2) is 12.3 Å². The zero-order valence-electron chi connectivity index (χ0n) is 9.39. The lowest BCUT2D eigenvalue weighted by molar-refractivity contribution is 0.0676. The van der Waals surface area contributed by atoms with E-state index < -0.39 is 0 Å². The minimum atomic E-state index is -0.361. The van der Waals surface area contributed by atoms with E-state index in [1.54, 1.807) is 19.2 Å². The van der Waals surface area contributed by atoms with Crippen LogP contribution in [0.3, 0.4) is 0 Å². The molecular weight excluding hydrogens is 206 g/mol. The fourth-order valence-electron chi connectivity index (χ4n) is 2.27. The van der Waals surface area contributed by atoms with Crippen molar-refractivity contribution in [3.8, 4) is 0 Å². The van der Waals surface area contributed by atoms with Gasteiger partial charge >= 0.3 is 0 Å². The van der Waals surface area contributed by atoms with E-state index in [4.69, 9.17) is 0 Å². The fraction of sp³-hybridized carbons (Fsp3) is 0.636. The molecule has 1 fully saturated rings. The highest BCUT2D eigenvalue weighted by Crippen LogP contribution is 2.22. The van der Waals surface area contributed by atoms with E-state index in [0.717, 1.165) is 19.4 Å². The normalized spacial score (nSPS) is 22.4. The number of amides is 1. The van der Waals surface area contributed by atoms with E-state index in [2.05, 4.69) is 10.2 Å². The highest BCUT2D eigenvalue weighted by molar-refractivity contribution is 5.92. The van der Waals surface area contributed by atoms with Crippen LogP contribution in [-0.2, 0) is 0 Å². The van der Waals surface area contributed by atoms with Gasteiger partial charge in [-0.3, -0.25) is 9.89 Å². The standard InChI is InChI=1S/C11H17N3O2/c1-8(15)7-9-3-2-6-14(9)11(16)10-4-5-12-13-10/h4-5,8-9,15H,2-3,6-7H2,1H3,(H,12,13). The first-order valence-corrected chi connectivity index (χ1v) is 5.67. The molecule has 2 atom stereocenters. The van der Waals surface area contributed by atoms with Gasteiger partial charge in [0.25, 0.3) is 5.91 Å². The Hall–Kier alpha value is -1.36. The van der Waals surface area contributed by atoms with Gasteiger partial charge in [-0.15, -0.1) is 0 Å². The van der Waals surface area contributed by atoms with Crippen LogP contribution in [0.4, 0.5) is 0 Å². The summed E-state index contributed by atoms with van der Waals surface area (Å²) in [6.45, 7) is 2.53. The molecule has 0 spiro atoms. The third-order valence-electron chi connectivity index (χ3n) is 2.98. The highest BCUT2D eigenvalue weighted by Gasteiger charge is 2.30. The summed E-state index contributed by atoms with van der Waals surface area (Å²) in [6.07, 6.45) is 3.86. The molecule has 0 aromatic carbocycles. The summed E-state index contributed by atoms with van der Waals surface area (Å²) < 4.78 is 0. The van der Waals surface area contributed by atoms with Gasteiger partial charge < -0.3 is 10.0 Å². The van der Waals surface area contributed by atoms with Crippen molar-refractivity contribution >= 4 is 5.91 Å². The maximum atomic E-state index is 12.1. The van der Waals surface area contributed by atoms with Gasteiger partial charge in [-0.25, -0.2) is 0 Å². The van der Waals surface area contributed by atoms with Crippen molar-refractivity contribution in [2.45, 2.75) is 38.3 Å². The van der Waals surface area contributed by atoms with E-state index in [-0.39, 0.29) is 18.1 Å². The number of nitrogens with zero attached hydrogens (tertiary/aromatic N) is 2. The number of aromatic nitrogens is 2. The minimum Gasteiger partial charge on any atom is -0.393 e. The number of rotatable bonds is 3. The maximum absolute atomic E-state index is 12.1. The summed E-state index contributed by atoms with van der Waals surface area (Å²) in [5, 5.41) is 15.8. The predicted octanol–water partition coefficient (Wildman–Crippen LogP) is 0.785. The molecule has 2 unspecified atom stereocenters. The van der Waals surface area contributed by atoms with Gasteiger partial charge in [-0.05, 0) is 32.3 Å². The number of carbonyl (C=O) groups is 1. The van der Waals surface area contributed by atoms with Crippen LogP contribution in [-0.4, -0.2) is 44.8 Å². The Bertz CT molecular complexity index is 348. The molecule has 1 amide bonds. The van der Waals surface area contributed by atoms with Crippen molar-refractivity contribution in [2.24, 2.45) is 0 Å². The van der Waals surface area contributed by atoms with Crippen molar-refractivity contribution in [3.63, 3.8) is 0 Å². The van der Waals surface area contributed by atoms with Crippen molar-refractivity contribution in [3.05, 3.63) is 18.0 Å². The predicted molar refractivity (Wildman–Crippen MR) is 58.9 cm³/mol. The highest BCUT2D eigenvalue weighted by atomic mass is 16.3. The second-order valence-electron chi connectivity index (χ2n) is 4.35. The molecule has 5 heteroatoms. The van der Waals surface area contributed by atoms with Crippen LogP contribution < -0.4 is 0 Å². The first-order valence-electron chi connectivity index (χ1n) is 5.67. The van der Waals surface area contributed by atoms with Crippen molar-refractivity contribution in [1.82, 2.24) is 15.1 Å². The topological polar surface area (TPSA) is 69.2 Å². The van der Waals surface area contributed by atoms with Crippen molar-refractivity contribution in [2.75, 3.05) is 6.54 Å². The van der Waals surface area contributed by atoms with Gasteiger partial charge in [-0.2, -0.15) is 5.10 Å². The Morgan fingerprint density at radius 3 is 3.25 bits per heavy atom. The van der Waals surface area contributed by atoms with E-state index in [1.165, 1.54) is 0 Å². The first kappa shape index (κ1) is 11.1. The lowest BCUT2D eigenvalue weighted by Crippen LogP contribution is -2.37. The van der Waals surface area contributed by atoms with E-state index in [9.17, 15) is 9.90 Å². The first-order chi connectivity index (χ1) is 7.68. The van der Waals surface area contributed by atoms with Gasteiger partial charge in [0.15, 0.2) is 0 Å². The quantitative estimate of drug-likeness (QED) is 0.795. The number of hydrogen-bond donors (Lipinski definition) is 2. The second kappa shape index (κ2) is 4.65. The van der Waals surface area contributed by atoms with Gasteiger partial charge in [0.05, 0.1) is 6.10 Å². The van der Waals surface area contributed by atoms with Crippen LogP contribution in [0.2, 0.25) is 0 Å². The summed E-state index contributed by atoms with van der Waals surface area (Å²) in [5.74, 6) is -0.0133. The summed E-state index contributed by atoms with van der Waals surface area (Å²) in [7, 11) is 0. The molecule has 0 saturated carbocycles. The lowest BCUT2D eigenvalue weighted by Gasteiger charge is -2.25. The third kappa shape index (κ3) is 2.24. The van der Waals surface area contributed by atoms with Crippen LogP contribution >= 0.6 is 0 Å². The number of aliphatic hydroxyl groups excluding tert-OH is 1. The van der Waals surface area contributed by atoms with Crippen molar-refractivity contribution < 1.29 is 9.90 Å². The average Bonchev–Trinajstić information content (AvgIpc) is 2.84. The molecule has 1 aromatic rings. The Balaban J connectivity index is 2.05. The molecule has 1 aromatic heterocycles. The van der Waals surface area contributed by atoms with Crippen molar-refractivity contribution in [1.29, 1.82) is 0 Å². The summed E-state index contributed by atoms with van der Waals surface area (Å²) >= 11 is 0. The number of aromatic amines is 1. The fourth-order valence-corrected chi connectivity index (χ4v) is 2.27. The Morgan fingerprint density at radius 1 is 1.81 bits per heavy atom. The van der Waals surface area contributed by atoms with Crippen LogP contribution in [0.1, 0.15) is 36.7 Å². The number of likely N-dealkylation sites (tertiary alicyclic amines) is 1.